The smallest absolute Gasteiger partial charge is 0.244 e. The minimum atomic E-state index is 0.204. The molecule has 3 rings (SSSR count). The van der Waals surface area contributed by atoms with Crippen LogP contribution in [-0.2, 0) is 0 Å². The van der Waals surface area contributed by atoms with Gasteiger partial charge in [-0.1, -0.05) is 12.1 Å². The lowest BCUT2D eigenvalue weighted by atomic mass is 9.94. The quantitative estimate of drug-likeness (QED) is 0.832. The molecule has 2 unspecified atom stereocenters. The highest BCUT2D eigenvalue weighted by atomic mass is 16.5. The second-order valence-electron chi connectivity index (χ2n) is 4.68. The van der Waals surface area contributed by atoms with Crippen molar-refractivity contribution in [3.63, 3.8) is 0 Å². The molecule has 2 aromatic rings. The van der Waals surface area contributed by atoms with Gasteiger partial charge in [-0.05, 0) is 37.4 Å². The minimum absolute atomic E-state index is 0.204. The molecule has 0 bridgehead atoms. The SMILES string of the molecule is CC1CCNC(c2nc(-c3ccc[nH]3)no2)C1. The molecule has 1 aliphatic heterocycles. The first-order valence-electron chi connectivity index (χ1n) is 6.03. The Labute approximate surface area is 99.6 Å². The van der Waals surface area contributed by atoms with E-state index in [1.807, 2.05) is 18.3 Å². The summed E-state index contributed by atoms with van der Waals surface area (Å²) in [5, 5.41) is 7.42. The Morgan fingerprint density at radius 3 is 3.18 bits per heavy atom. The van der Waals surface area contributed by atoms with Gasteiger partial charge in [0.2, 0.25) is 11.7 Å². The number of aromatic nitrogens is 3. The number of nitrogens with zero attached hydrogens (tertiary/aromatic N) is 2. The Hall–Kier alpha value is -1.62. The van der Waals surface area contributed by atoms with Crippen molar-refractivity contribution in [2.24, 2.45) is 5.92 Å². The van der Waals surface area contributed by atoms with Crippen LogP contribution in [0.2, 0.25) is 0 Å². The number of hydrogen-bond acceptors (Lipinski definition) is 4. The molecule has 0 amide bonds. The van der Waals surface area contributed by atoms with Crippen LogP contribution < -0.4 is 5.32 Å². The van der Waals surface area contributed by atoms with E-state index in [1.165, 1.54) is 6.42 Å². The summed E-state index contributed by atoms with van der Waals surface area (Å²) in [4.78, 5) is 7.51. The zero-order valence-corrected chi connectivity index (χ0v) is 9.81. The maximum atomic E-state index is 5.33. The van der Waals surface area contributed by atoms with E-state index >= 15 is 0 Å². The van der Waals surface area contributed by atoms with Crippen molar-refractivity contribution in [2.75, 3.05) is 6.54 Å². The third kappa shape index (κ3) is 2.10. The molecule has 0 radical (unpaired) electrons. The first-order chi connectivity index (χ1) is 8.33. The van der Waals surface area contributed by atoms with Gasteiger partial charge in [0.25, 0.3) is 0 Å². The van der Waals surface area contributed by atoms with Crippen molar-refractivity contribution >= 4 is 0 Å². The Balaban J connectivity index is 1.80. The molecule has 17 heavy (non-hydrogen) atoms. The Morgan fingerprint density at radius 1 is 1.47 bits per heavy atom. The highest BCUT2D eigenvalue weighted by Crippen LogP contribution is 2.26. The zero-order chi connectivity index (χ0) is 11.7. The van der Waals surface area contributed by atoms with Crippen LogP contribution in [0.5, 0.6) is 0 Å². The Morgan fingerprint density at radius 2 is 2.41 bits per heavy atom. The average Bonchev–Trinajstić information content (AvgIpc) is 3.00. The van der Waals surface area contributed by atoms with Crippen molar-refractivity contribution in [1.82, 2.24) is 20.4 Å². The van der Waals surface area contributed by atoms with Gasteiger partial charge in [0.15, 0.2) is 0 Å². The molecule has 1 fully saturated rings. The van der Waals surface area contributed by atoms with Gasteiger partial charge in [0.05, 0.1) is 11.7 Å². The summed E-state index contributed by atoms with van der Waals surface area (Å²) in [5.41, 5.74) is 0.892. The van der Waals surface area contributed by atoms with E-state index in [4.69, 9.17) is 4.52 Å². The van der Waals surface area contributed by atoms with E-state index in [1.54, 1.807) is 0 Å². The van der Waals surface area contributed by atoms with Crippen LogP contribution >= 0.6 is 0 Å². The second kappa shape index (κ2) is 4.33. The molecule has 3 heterocycles. The third-order valence-electron chi connectivity index (χ3n) is 3.24. The second-order valence-corrected chi connectivity index (χ2v) is 4.68. The molecule has 0 saturated carbocycles. The fourth-order valence-electron chi connectivity index (χ4n) is 2.25. The fraction of sp³-hybridized carbons (Fsp3) is 0.500. The fourth-order valence-corrected chi connectivity index (χ4v) is 2.25. The summed E-state index contributed by atoms with van der Waals surface area (Å²) in [6, 6.07) is 4.06. The van der Waals surface area contributed by atoms with E-state index in [0.29, 0.717) is 17.6 Å². The lowest BCUT2D eigenvalue weighted by Gasteiger charge is -2.25. The molecule has 5 nitrogen and oxygen atoms in total. The van der Waals surface area contributed by atoms with Gasteiger partial charge in [-0.3, -0.25) is 0 Å². The van der Waals surface area contributed by atoms with Crippen LogP contribution in [0.3, 0.4) is 0 Å². The van der Waals surface area contributed by atoms with Gasteiger partial charge < -0.3 is 14.8 Å². The van der Waals surface area contributed by atoms with E-state index in [0.717, 1.165) is 18.7 Å². The highest BCUT2D eigenvalue weighted by molar-refractivity contribution is 5.47. The summed E-state index contributed by atoms with van der Waals surface area (Å²) in [6.07, 6.45) is 4.13. The van der Waals surface area contributed by atoms with Crippen LogP contribution in [0.1, 0.15) is 31.7 Å². The maximum Gasteiger partial charge on any atom is 0.244 e. The van der Waals surface area contributed by atoms with Crippen molar-refractivity contribution in [1.29, 1.82) is 0 Å². The standard InChI is InChI=1S/C12H16N4O/c1-8-4-6-14-10(7-8)12-15-11(16-17-12)9-3-2-5-13-9/h2-3,5,8,10,13-14H,4,6-7H2,1H3. The van der Waals surface area contributed by atoms with Crippen molar-refractivity contribution in [3.8, 4) is 11.5 Å². The summed E-state index contributed by atoms with van der Waals surface area (Å²) in [6.45, 7) is 3.28. The molecule has 2 aromatic heterocycles. The first-order valence-corrected chi connectivity index (χ1v) is 6.03. The topological polar surface area (TPSA) is 66.7 Å². The monoisotopic (exact) mass is 232 g/mol. The summed E-state index contributed by atoms with van der Waals surface area (Å²) < 4.78 is 5.33. The molecule has 1 aliphatic rings. The van der Waals surface area contributed by atoms with E-state index in [-0.39, 0.29) is 6.04 Å². The van der Waals surface area contributed by atoms with Crippen LogP contribution in [-0.4, -0.2) is 21.7 Å². The maximum absolute atomic E-state index is 5.33. The summed E-state index contributed by atoms with van der Waals surface area (Å²) in [5.74, 6) is 2.04. The van der Waals surface area contributed by atoms with Gasteiger partial charge >= 0.3 is 0 Å². The van der Waals surface area contributed by atoms with Crippen molar-refractivity contribution in [3.05, 3.63) is 24.2 Å². The van der Waals surface area contributed by atoms with Crippen LogP contribution in [0.4, 0.5) is 0 Å². The normalized spacial score (nSPS) is 25.0. The van der Waals surface area contributed by atoms with Gasteiger partial charge in [0, 0.05) is 6.20 Å². The number of piperidine rings is 1. The number of rotatable bonds is 2. The molecule has 1 saturated heterocycles. The molecular formula is C12H16N4O. The van der Waals surface area contributed by atoms with E-state index in [9.17, 15) is 0 Å². The third-order valence-corrected chi connectivity index (χ3v) is 3.24. The van der Waals surface area contributed by atoms with Crippen molar-refractivity contribution in [2.45, 2.75) is 25.8 Å². The largest absolute Gasteiger partial charge is 0.359 e. The molecule has 2 N–H and O–H groups in total. The predicted octanol–water partition coefficient (Wildman–Crippen LogP) is 2.13. The molecule has 0 spiro atoms. The number of hydrogen-bond donors (Lipinski definition) is 2. The van der Waals surface area contributed by atoms with Crippen LogP contribution in [0.15, 0.2) is 22.9 Å². The average molecular weight is 232 g/mol. The Bertz CT molecular complexity index is 476. The summed E-state index contributed by atoms with van der Waals surface area (Å²) in [7, 11) is 0. The first kappa shape index (κ1) is 10.5. The number of aromatic amines is 1. The summed E-state index contributed by atoms with van der Waals surface area (Å²) >= 11 is 0. The lowest BCUT2D eigenvalue weighted by molar-refractivity contribution is 0.260. The van der Waals surface area contributed by atoms with E-state index in [2.05, 4.69) is 27.4 Å². The molecule has 0 aliphatic carbocycles. The van der Waals surface area contributed by atoms with Gasteiger partial charge in [0.1, 0.15) is 0 Å². The predicted molar refractivity (Wildman–Crippen MR) is 63.2 cm³/mol. The van der Waals surface area contributed by atoms with Gasteiger partial charge in [-0.25, -0.2) is 0 Å². The molecular weight excluding hydrogens is 216 g/mol. The lowest BCUT2D eigenvalue weighted by Crippen LogP contribution is -2.30. The van der Waals surface area contributed by atoms with Crippen LogP contribution in [0, 0.1) is 5.92 Å². The minimum Gasteiger partial charge on any atom is -0.359 e. The zero-order valence-electron chi connectivity index (χ0n) is 9.81. The van der Waals surface area contributed by atoms with Crippen LogP contribution in [0.25, 0.3) is 11.5 Å². The molecule has 0 aromatic carbocycles. The molecule has 2 atom stereocenters. The molecule has 90 valence electrons. The van der Waals surface area contributed by atoms with Gasteiger partial charge in [-0.2, -0.15) is 4.98 Å². The Kier molecular flexibility index (Phi) is 2.68. The van der Waals surface area contributed by atoms with Crippen molar-refractivity contribution < 1.29 is 4.52 Å². The van der Waals surface area contributed by atoms with Gasteiger partial charge in [-0.15, -0.1) is 0 Å². The number of nitrogens with one attached hydrogen (secondary N) is 2. The number of H-pyrrole nitrogens is 1. The van der Waals surface area contributed by atoms with E-state index < -0.39 is 0 Å². The highest BCUT2D eigenvalue weighted by Gasteiger charge is 2.24. The molecule has 5 heteroatoms.